The van der Waals surface area contributed by atoms with Crippen LogP contribution in [0, 0.1) is 0 Å². The monoisotopic (exact) mass is 112 g/mol. The summed E-state index contributed by atoms with van der Waals surface area (Å²) < 4.78 is 8.45. The Morgan fingerprint density at radius 1 is 1.88 bits per heavy atom. The summed E-state index contributed by atoms with van der Waals surface area (Å²) in [6.45, 7) is 1.20. The fraction of sp³-hybridized carbons (Fsp3) is 0. The van der Waals surface area contributed by atoms with Gasteiger partial charge in [0.1, 0.15) is 6.26 Å². The van der Waals surface area contributed by atoms with E-state index in [-0.39, 0.29) is 5.88 Å². The van der Waals surface area contributed by atoms with Crippen LogP contribution in [0.3, 0.4) is 0 Å². The van der Waals surface area contributed by atoms with E-state index >= 15 is 0 Å². The van der Waals surface area contributed by atoms with Gasteiger partial charge < -0.3 is 9.26 Å². The lowest BCUT2D eigenvalue weighted by Crippen LogP contribution is -1.86. The molecule has 1 radical (unpaired) electrons. The Bertz CT molecular complexity index is 158. The zero-order chi connectivity index (χ0) is 5.82. The average Bonchev–Trinajstić information content (AvgIpc) is 2.19. The van der Waals surface area contributed by atoms with Crippen molar-refractivity contribution < 1.29 is 14.1 Å². The highest BCUT2D eigenvalue weighted by Crippen LogP contribution is 2.01. The van der Waals surface area contributed by atoms with Crippen molar-refractivity contribution in [1.82, 2.24) is 5.16 Å². The lowest BCUT2D eigenvalue weighted by atomic mass is 10.7. The van der Waals surface area contributed by atoms with Crippen molar-refractivity contribution in [2.75, 3.05) is 0 Å². The van der Waals surface area contributed by atoms with Gasteiger partial charge in [-0.05, 0) is 5.16 Å². The number of aromatic nitrogens is 1. The molecule has 0 aliphatic heterocycles. The second kappa shape index (κ2) is 2.11. The van der Waals surface area contributed by atoms with Gasteiger partial charge in [0.05, 0.1) is 0 Å². The van der Waals surface area contributed by atoms with Crippen molar-refractivity contribution in [2.45, 2.75) is 0 Å². The van der Waals surface area contributed by atoms with E-state index in [1.165, 1.54) is 18.8 Å². The molecule has 0 aliphatic carbocycles. The van der Waals surface area contributed by atoms with Crippen LogP contribution in [0.5, 0.6) is 5.88 Å². The molecule has 0 aromatic carbocycles. The lowest BCUT2D eigenvalue weighted by Gasteiger charge is -1.79. The van der Waals surface area contributed by atoms with Crippen LogP contribution in [-0.2, 0) is 4.79 Å². The summed E-state index contributed by atoms with van der Waals surface area (Å²) in [6, 6.07) is 1.41. The lowest BCUT2D eigenvalue weighted by molar-refractivity contribution is 0.369. The van der Waals surface area contributed by atoms with Gasteiger partial charge in [-0.25, -0.2) is 4.79 Å². The van der Waals surface area contributed by atoms with E-state index in [2.05, 4.69) is 14.4 Å². The van der Waals surface area contributed by atoms with Gasteiger partial charge in [-0.15, -0.1) is 0 Å². The molecule has 4 heteroatoms. The first-order chi connectivity index (χ1) is 3.93. The summed E-state index contributed by atoms with van der Waals surface area (Å²) in [5.41, 5.74) is 0. The van der Waals surface area contributed by atoms with Crippen LogP contribution in [0.2, 0.25) is 0 Å². The van der Waals surface area contributed by atoms with E-state index in [4.69, 9.17) is 0 Å². The fourth-order valence-corrected chi connectivity index (χ4v) is 0.297. The molecular formula is C4H2NO3. The van der Waals surface area contributed by atoms with Gasteiger partial charge in [0, 0.05) is 6.07 Å². The number of rotatable bonds is 2. The number of hydrogen-bond acceptors (Lipinski definition) is 4. The minimum absolute atomic E-state index is 0.125. The molecule has 1 aromatic heterocycles. The predicted octanol–water partition coefficient (Wildman–Crippen LogP) is 0.121. The molecule has 0 aliphatic rings. The van der Waals surface area contributed by atoms with E-state index in [0.29, 0.717) is 0 Å². The minimum Gasteiger partial charge on any atom is -0.396 e. The maximum absolute atomic E-state index is 9.44. The van der Waals surface area contributed by atoms with Crippen molar-refractivity contribution in [2.24, 2.45) is 0 Å². The van der Waals surface area contributed by atoms with Crippen molar-refractivity contribution in [1.29, 1.82) is 0 Å². The summed E-state index contributed by atoms with van der Waals surface area (Å²) in [4.78, 5) is 9.44. The second-order valence-electron chi connectivity index (χ2n) is 1.02. The highest BCUT2D eigenvalue weighted by molar-refractivity contribution is 5.43. The number of ether oxygens (including phenoxy) is 1. The Labute approximate surface area is 45.0 Å². The van der Waals surface area contributed by atoms with Crippen molar-refractivity contribution >= 4 is 6.47 Å². The number of nitrogens with zero attached hydrogens (tertiary/aromatic N) is 1. The first-order valence-electron chi connectivity index (χ1n) is 1.88. The molecule has 0 spiro atoms. The molecule has 1 rings (SSSR count). The highest BCUT2D eigenvalue weighted by atomic mass is 16.6. The molecule has 0 N–H and O–H groups in total. The van der Waals surface area contributed by atoms with Gasteiger partial charge in [-0.2, -0.15) is 0 Å². The maximum Gasteiger partial charge on any atom is 0.424 e. The van der Waals surface area contributed by atoms with Crippen LogP contribution in [-0.4, -0.2) is 11.6 Å². The summed E-state index contributed by atoms with van der Waals surface area (Å²) in [6.07, 6.45) is 1.30. The molecule has 41 valence electrons. The first-order valence-corrected chi connectivity index (χ1v) is 1.88. The van der Waals surface area contributed by atoms with Crippen molar-refractivity contribution in [3.8, 4) is 5.88 Å². The third kappa shape index (κ3) is 0.841. The molecule has 0 amide bonds. The second-order valence-corrected chi connectivity index (χ2v) is 1.02. The molecule has 0 unspecified atom stereocenters. The number of hydrogen-bond donors (Lipinski definition) is 0. The minimum atomic E-state index is 0.125. The molecule has 4 nitrogen and oxygen atoms in total. The SMILES string of the molecule is O=[C]Oc1ccon1. The average molecular weight is 112 g/mol. The van der Waals surface area contributed by atoms with Crippen molar-refractivity contribution in [3.05, 3.63) is 12.3 Å². The maximum atomic E-state index is 9.44. The van der Waals surface area contributed by atoms with E-state index in [1.807, 2.05) is 0 Å². The summed E-state index contributed by atoms with van der Waals surface area (Å²) in [5, 5.41) is 3.25. The van der Waals surface area contributed by atoms with Crippen LogP contribution < -0.4 is 4.74 Å². The topological polar surface area (TPSA) is 52.3 Å². The first kappa shape index (κ1) is 4.83. The third-order valence-electron chi connectivity index (χ3n) is 0.560. The van der Waals surface area contributed by atoms with Gasteiger partial charge in [0.15, 0.2) is 0 Å². The van der Waals surface area contributed by atoms with Crippen LogP contribution >= 0.6 is 0 Å². The standard InChI is InChI=1S/C4H2NO3/c6-3-7-4-1-2-8-5-4/h1-2H. The Morgan fingerprint density at radius 2 is 2.75 bits per heavy atom. The Kier molecular flexibility index (Phi) is 1.27. The van der Waals surface area contributed by atoms with Gasteiger partial charge in [0.25, 0.3) is 5.88 Å². The zero-order valence-corrected chi connectivity index (χ0v) is 3.83. The van der Waals surface area contributed by atoms with Gasteiger partial charge in [-0.1, -0.05) is 0 Å². The van der Waals surface area contributed by atoms with Gasteiger partial charge >= 0.3 is 6.47 Å². The third-order valence-corrected chi connectivity index (χ3v) is 0.560. The Morgan fingerprint density at radius 3 is 3.25 bits per heavy atom. The summed E-state index contributed by atoms with van der Waals surface area (Å²) in [7, 11) is 0. The molecule has 0 atom stereocenters. The Balaban J connectivity index is 2.62. The van der Waals surface area contributed by atoms with E-state index in [9.17, 15) is 4.79 Å². The largest absolute Gasteiger partial charge is 0.424 e. The highest BCUT2D eigenvalue weighted by Gasteiger charge is 1.92. The molecule has 0 saturated carbocycles. The van der Waals surface area contributed by atoms with Gasteiger partial charge in [-0.3, -0.25) is 0 Å². The van der Waals surface area contributed by atoms with E-state index in [0.717, 1.165) is 0 Å². The van der Waals surface area contributed by atoms with Crippen LogP contribution in [0.1, 0.15) is 0 Å². The van der Waals surface area contributed by atoms with E-state index in [1.54, 1.807) is 0 Å². The predicted molar refractivity (Wildman–Crippen MR) is 22.8 cm³/mol. The Hall–Kier alpha value is -1.32. The van der Waals surface area contributed by atoms with Crippen LogP contribution in [0.4, 0.5) is 0 Å². The molecule has 0 bridgehead atoms. The normalized spacial score (nSPS) is 8.50. The summed E-state index contributed by atoms with van der Waals surface area (Å²) in [5.74, 6) is 0.125. The van der Waals surface area contributed by atoms with Gasteiger partial charge in [0.2, 0.25) is 0 Å². The molecule has 1 aromatic rings. The molecule has 0 saturated heterocycles. The van der Waals surface area contributed by atoms with E-state index < -0.39 is 0 Å². The smallest absolute Gasteiger partial charge is 0.396 e. The van der Waals surface area contributed by atoms with Crippen LogP contribution in [0.15, 0.2) is 16.9 Å². The molecule has 0 fully saturated rings. The number of carbonyl (C=O) groups excluding carboxylic acids is 1. The zero-order valence-electron chi connectivity index (χ0n) is 3.83. The van der Waals surface area contributed by atoms with Crippen LogP contribution in [0.25, 0.3) is 0 Å². The van der Waals surface area contributed by atoms with Crippen molar-refractivity contribution in [3.63, 3.8) is 0 Å². The quantitative estimate of drug-likeness (QED) is 0.545. The fourth-order valence-electron chi connectivity index (χ4n) is 0.297. The molecule has 8 heavy (non-hydrogen) atoms. The molecular weight excluding hydrogens is 110 g/mol. The molecule has 1 heterocycles. The summed E-state index contributed by atoms with van der Waals surface area (Å²) >= 11 is 0.